The summed E-state index contributed by atoms with van der Waals surface area (Å²) in [6.07, 6.45) is 7.65. The Balaban J connectivity index is 2.90. The van der Waals surface area contributed by atoms with Crippen molar-refractivity contribution in [3.8, 4) is 23.8 Å². The van der Waals surface area contributed by atoms with E-state index >= 15 is 0 Å². The lowest BCUT2D eigenvalue weighted by Crippen LogP contribution is -2.10. The summed E-state index contributed by atoms with van der Waals surface area (Å²) in [6.45, 7) is 0. The van der Waals surface area contributed by atoms with Gasteiger partial charge in [0.25, 0.3) is 0 Å². The average Bonchev–Trinajstić information content (AvgIpc) is 2.37. The van der Waals surface area contributed by atoms with Crippen LogP contribution in [0.2, 0.25) is 5.02 Å². The van der Waals surface area contributed by atoms with E-state index in [4.69, 9.17) is 33.2 Å². The SMILES string of the molecule is C#CCCCC(N)c1cc(Cl)c(OC)c(OC)c1. The highest BCUT2D eigenvalue weighted by Gasteiger charge is 2.14. The maximum atomic E-state index is 6.13. The summed E-state index contributed by atoms with van der Waals surface area (Å²) in [7, 11) is 3.12. The Morgan fingerprint density at radius 1 is 1.39 bits per heavy atom. The van der Waals surface area contributed by atoms with E-state index in [9.17, 15) is 0 Å². The van der Waals surface area contributed by atoms with Gasteiger partial charge in [-0.25, -0.2) is 0 Å². The lowest BCUT2D eigenvalue weighted by atomic mass is 10.0. The number of halogens is 1. The van der Waals surface area contributed by atoms with Crippen molar-refractivity contribution in [3.63, 3.8) is 0 Å². The summed E-state index contributed by atoms with van der Waals surface area (Å²) in [5.74, 6) is 3.72. The number of hydrogen-bond acceptors (Lipinski definition) is 3. The molecule has 1 aromatic rings. The molecule has 1 aromatic carbocycles. The van der Waals surface area contributed by atoms with E-state index in [0.29, 0.717) is 16.5 Å². The lowest BCUT2D eigenvalue weighted by Gasteiger charge is -2.16. The van der Waals surface area contributed by atoms with Crippen molar-refractivity contribution in [3.05, 3.63) is 22.7 Å². The number of terminal acetylenes is 1. The molecule has 2 N–H and O–H groups in total. The zero-order valence-corrected chi connectivity index (χ0v) is 11.5. The third-order valence-corrected chi connectivity index (χ3v) is 3.00. The molecule has 0 amide bonds. The van der Waals surface area contributed by atoms with Crippen LogP contribution in [-0.2, 0) is 0 Å². The van der Waals surface area contributed by atoms with E-state index in [-0.39, 0.29) is 6.04 Å². The van der Waals surface area contributed by atoms with Gasteiger partial charge in [-0.3, -0.25) is 0 Å². The van der Waals surface area contributed by atoms with E-state index in [1.807, 2.05) is 12.1 Å². The van der Waals surface area contributed by atoms with Gasteiger partial charge in [0.1, 0.15) is 0 Å². The maximum Gasteiger partial charge on any atom is 0.179 e. The summed E-state index contributed by atoms with van der Waals surface area (Å²) in [5.41, 5.74) is 7.02. The fraction of sp³-hybridized carbons (Fsp3) is 0.429. The standard InChI is InChI=1S/C14H18ClNO2/c1-4-5-6-7-12(16)10-8-11(15)14(18-3)13(9-10)17-2/h1,8-9,12H,5-7,16H2,2-3H3. The van der Waals surface area contributed by atoms with Crippen LogP contribution in [0.25, 0.3) is 0 Å². The van der Waals surface area contributed by atoms with Crippen molar-refractivity contribution in [1.82, 2.24) is 0 Å². The summed E-state index contributed by atoms with van der Waals surface area (Å²) in [6, 6.07) is 3.56. The molecule has 1 rings (SSSR count). The molecular formula is C14H18ClNO2. The average molecular weight is 268 g/mol. The van der Waals surface area contributed by atoms with Gasteiger partial charge in [0, 0.05) is 12.5 Å². The zero-order chi connectivity index (χ0) is 13.5. The van der Waals surface area contributed by atoms with Gasteiger partial charge in [0.15, 0.2) is 11.5 Å². The van der Waals surface area contributed by atoms with Crippen LogP contribution in [0.5, 0.6) is 11.5 Å². The van der Waals surface area contributed by atoms with E-state index in [1.54, 1.807) is 14.2 Å². The highest BCUT2D eigenvalue weighted by molar-refractivity contribution is 6.32. The molecular weight excluding hydrogens is 250 g/mol. The molecule has 0 bridgehead atoms. The number of hydrogen-bond donors (Lipinski definition) is 1. The molecule has 0 aliphatic rings. The summed E-state index contributed by atoms with van der Waals surface area (Å²) < 4.78 is 10.4. The lowest BCUT2D eigenvalue weighted by molar-refractivity contribution is 0.354. The van der Waals surface area contributed by atoms with Gasteiger partial charge in [0.2, 0.25) is 0 Å². The topological polar surface area (TPSA) is 44.5 Å². The predicted octanol–water partition coefficient (Wildman–Crippen LogP) is 3.16. The summed E-state index contributed by atoms with van der Waals surface area (Å²) in [5, 5.41) is 0.499. The second-order valence-corrected chi connectivity index (χ2v) is 4.35. The van der Waals surface area contributed by atoms with Crippen LogP contribution >= 0.6 is 11.6 Å². The molecule has 1 atom stereocenters. The molecule has 18 heavy (non-hydrogen) atoms. The van der Waals surface area contributed by atoms with Gasteiger partial charge in [-0.1, -0.05) is 11.6 Å². The van der Waals surface area contributed by atoms with Crippen molar-refractivity contribution in [2.45, 2.75) is 25.3 Å². The molecule has 0 fully saturated rings. The zero-order valence-electron chi connectivity index (χ0n) is 10.7. The fourth-order valence-corrected chi connectivity index (χ4v) is 2.04. The number of nitrogens with two attached hydrogens (primary N) is 1. The second-order valence-electron chi connectivity index (χ2n) is 3.94. The van der Waals surface area contributed by atoms with Gasteiger partial charge in [-0.15, -0.1) is 12.3 Å². The third kappa shape index (κ3) is 3.56. The van der Waals surface area contributed by atoms with Crippen molar-refractivity contribution in [2.75, 3.05) is 14.2 Å². The first kappa shape index (κ1) is 14.7. The molecule has 4 heteroatoms. The largest absolute Gasteiger partial charge is 0.493 e. The Labute approximate surface area is 113 Å². The van der Waals surface area contributed by atoms with Crippen molar-refractivity contribution >= 4 is 11.6 Å². The second kappa shape index (κ2) is 7.15. The molecule has 0 radical (unpaired) electrons. The minimum Gasteiger partial charge on any atom is -0.493 e. The third-order valence-electron chi connectivity index (χ3n) is 2.72. The molecule has 0 aliphatic carbocycles. The van der Waals surface area contributed by atoms with Crippen LogP contribution in [0.1, 0.15) is 30.9 Å². The summed E-state index contributed by atoms with van der Waals surface area (Å²) >= 11 is 6.13. The highest BCUT2D eigenvalue weighted by atomic mass is 35.5. The normalized spacial score (nSPS) is 11.7. The Bertz CT molecular complexity index is 440. The molecule has 0 saturated carbocycles. The molecule has 1 unspecified atom stereocenters. The van der Waals surface area contributed by atoms with Crippen LogP contribution in [0.4, 0.5) is 0 Å². The number of unbranched alkanes of at least 4 members (excludes halogenated alkanes) is 1. The van der Waals surface area contributed by atoms with E-state index in [2.05, 4.69) is 5.92 Å². The molecule has 0 aliphatic heterocycles. The molecule has 3 nitrogen and oxygen atoms in total. The molecule has 0 spiro atoms. The Morgan fingerprint density at radius 3 is 2.67 bits per heavy atom. The van der Waals surface area contributed by atoms with E-state index in [0.717, 1.165) is 24.8 Å². The van der Waals surface area contributed by atoms with Gasteiger partial charge in [-0.05, 0) is 30.5 Å². The maximum absolute atomic E-state index is 6.13. The van der Waals surface area contributed by atoms with Crippen LogP contribution < -0.4 is 15.2 Å². The minimum absolute atomic E-state index is 0.101. The highest BCUT2D eigenvalue weighted by Crippen LogP contribution is 2.37. The van der Waals surface area contributed by atoms with Gasteiger partial charge in [0.05, 0.1) is 19.2 Å². The predicted molar refractivity (Wildman–Crippen MR) is 74.2 cm³/mol. The van der Waals surface area contributed by atoms with Crippen LogP contribution in [0.15, 0.2) is 12.1 Å². The first-order chi connectivity index (χ1) is 8.63. The molecule has 0 saturated heterocycles. The first-order valence-corrected chi connectivity index (χ1v) is 6.12. The van der Waals surface area contributed by atoms with Crippen molar-refractivity contribution < 1.29 is 9.47 Å². The number of rotatable bonds is 6. The molecule has 0 aromatic heterocycles. The Hall–Kier alpha value is -1.37. The number of methoxy groups -OCH3 is 2. The Morgan fingerprint density at radius 2 is 2.11 bits per heavy atom. The Kier molecular flexibility index (Phi) is 5.84. The quantitative estimate of drug-likeness (QED) is 0.636. The van der Waals surface area contributed by atoms with Gasteiger partial charge < -0.3 is 15.2 Å². The number of benzene rings is 1. The minimum atomic E-state index is -0.101. The fourth-order valence-electron chi connectivity index (χ4n) is 1.74. The van der Waals surface area contributed by atoms with Crippen LogP contribution in [-0.4, -0.2) is 14.2 Å². The van der Waals surface area contributed by atoms with E-state index in [1.165, 1.54) is 0 Å². The van der Waals surface area contributed by atoms with Gasteiger partial charge in [-0.2, -0.15) is 0 Å². The van der Waals surface area contributed by atoms with Crippen molar-refractivity contribution in [2.24, 2.45) is 5.73 Å². The first-order valence-electron chi connectivity index (χ1n) is 5.74. The van der Waals surface area contributed by atoms with Gasteiger partial charge >= 0.3 is 0 Å². The van der Waals surface area contributed by atoms with Crippen molar-refractivity contribution in [1.29, 1.82) is 0 Å². The summed E-state index contributed by atoms with van der Waals surface area (Å²) in [4.78, 5) is 0. The van der Waals surface area contributed by atoms with Crippen LogP contribution in [0, 0.1) is 12.3 Å². The van der Waals surface area contributed by atoms with Crippen LogP contribution in [0.3, 0.4) is 0 Å². The molecule has 98 valence electrons. The monoisotopic (exact) mass is 267 g/mol. The number of ether oxygens (including phenoxy) is 2. The van der Waals surface area contributed by atoms with E-state index < -0.39 is 0 Å². The molecule has 0 heterocycles. The smallest absolute Gasteiger partial charge is 0.179 e.